The Morgan fingerprint density at radius 3 is 2.31 bits per heavy atom. The molecule has 2 aromatic carbocycles. The number of rotatable bonds is 5. The molecule has 2 N–H and O–H groups in total. The minimum atomic E-state index is -0.318. The van der Waals surface area contributed by atoms with Crippen molar-refractivity contribution in [2.75, 3.05) is 10.6 Å². The molecule has 0 fully saturated rings. The highest BCUT2D eigenvalue weighted by Crippen LogP contribution is 2.17. The highest BCUT2D eigenvalue weighted by Gasteiger charge is 2.11. The van der Waals surface area contributed by atoms with Gasteiger partial charge in [0.15, 0.2) is 0 Å². The number of nitrogens with one attached hydrogen (secondary N) is 2. The van der Waals surface area contributed by atoms with Gasteiger partial charge in [0.1, 0.15) is 23.2 Å². The van der Waals surface area contributed by atoms with Crippen molar-refractivity contribution >= 4 is 23.1 Å². The SMILES string of the molecule is CCc1ccc(NC(=O)c2cc(Nc3ccc(F)cc3)nc(C)n2)cc1. The highest BCUT2D eigenvalue weighted by atomic mass is 19.1. The maximum absolute atomic E-state index is 13.0. The van der Waals surface area contributed by atoms with Crippen LogP contribution in [-0.4, -0.2) is 15.9 Å². The van der Waals surface area contributed by atoms with Crippen molar-refractivity contribution in [3.63, 3.8) is 0 Å². The quantitative estimate of drug-likeness (QED) is 0.712. The van der Waals surface area contributed by atoms with Gasteiger partial charge < -0.3 is 10.6 Å². The summed E-state index contributed by atoms with van der Waals surface area (Å²) in [6, 6.07) is 15.1. The Labute approximate surface area is 151 Å². The van der Waals surface area contributed by atoms with Gasteiger partial charge in [-0.1, -0.05) is 19.1 Å². The molecular weight excluding hydrogens is 331 g/mol. The van der Waals surface area contributed by atoms with E-state index >= 15 is 0 Å². The van der Waals surface area contributed by atoms with Crippen molar-refractivity contribution < 1.29 is 9.18 Å². The van der Waals surface area contributed by atoms with Crippen LogP contribution in [0.2, 0.25) is 0 Å². The first-order valence-electron chi connectivity index (χ1n) is 8.32. The summed E-state index contributed by atoms with van der Waals surface area (Å²) in [5.74, 6) is 0.296. The van der Waals surface area contributed by atoms with Crippen LogP contribution in [0.4, 0.5) is 21.6 Å². The van der Waals surface area contributed by atoms with Crippen molar-refractivity contribution in [2.24, 2.45) is 0 Å². The van der Waals surface area contributed by atoms with Gasteiger partial charge in [0.05, 0.1) is 0 Å². The molecule has 1 amide bonds. The van der Waals surface area contributed by atoms with Gasteiger partial charge in [-0.3, -0.25) is 4.79 Å². The Morgan fingerprint density at radius 2 is 1.65 bits per heavy atom. The summed E-state index contributed by atoms with van der Waals surface area (Å²) in [5, 5.41) is 5.88. The molecule has 3 aromatic rings. The minimum absolute atomic E-state index is 0.252. The number of carbonyl (C=O) groups excluding carboxylic acids is 1. The fourth-order valence-corrected chi connectivity index (χ4v) is 2.45. The molecule has 0 radical (unpaired) electrons. The second kappa shape index (κ2) is 7.74. The fourth-order valence-electron chi connectivity index (χ4n) is 2.45. The number of carbonyl (C=O) groups is 1. The van der Waals surface area contributed by atoms with Crippen LogP contribution in [-0.2, 0) is 6.42 Å². The first kappa shape index (κ1) is 17.5. The van der Waals surface area contributed by atoms with Crippen LogP contribution in [0.25, 0.3) is 0 Å². The second-order valence-electron chi connectivity index (χ2n) is 5.82. The maximum Gasteiger partial charge on any atom is 0.274 e. The van der Waals surface area contributed by atoms with Crippen LogP contribution in [0.15, 0.2) is 54.6 Å². The summed E-state index contributed by atoms with van der Waals surface area (Å²) in [5.41, 5.74) is 2.83. The van der Waals surface area contributed by atoms with Gasteiger partial charge in [-0.05, 0) is 55.3 Å². The van der Waals surface area contributed by atoms with Gasteiger partial charge >= 0.3 is 0 Å². The van der Waals surface area contributed by atoms with E-state index in [0.29, 0.717) is 23.0 Å². The molecule has 0 atom stereocenters. The first-order valence-corrected chi connectivity index (χ1v) is 8.32. The van der Waals surface area contributed by atoms with Gasteiger partial charge in [0.25, 0.3) is 5.91 Å². The third-order valence-electron chi connectivity index (χ3n) is 3.81. The molecule has 1 aromatic heterocycles. The zero-order chi connectivity index (χ0) is 18.5. The molecular formula is C20H19FN4O. The lowest BCUT2D eigenvalue weighted by atomic mass is 10.1. The number of amides is 1. The molecule has 1 heterocycles. The average Bonchev–Trinajstić information content (AvgIpc) is 2.64. The number of halogens is 1. The van der Waals surface area contributed by atoms with E-state index in [1.807, 2.05) is 24.3 Å². The lowest BCUT2D eigenvalue weighted by Crippen LogP contribution is -2.15. The van der Waals surface area contributed by atoms with Crippen molar-refractivity contribution in [3.05, 3.63) is 77.5 Å². The summed E-state index contributed by atoms with van der Waals surface area (Å²) >= 11 is 0. The van der Waals surface area contributed by atoms with Gasteiger partial charge in [-0.25, -0.2) is 14.4 Å². The van der Waals surface area contributed by atoms with Gasteiger partial charge in [0.2, 0.25) is 0 Å². The summed E-state index contributed by atoms with van der Waals surface area (Å²) in [4.78, 5) is 21.0. The Kier molecular flexibility index (Phi) is 5.22. The Morgan fingerprint density at radius 1 is 1.00 bits per heavy atom. The molecule has 132 valence electrons. The van der Waals surface area contributed by atoms with E-state index in [0.717, 1.165) is 6.42 Å². The first-order chi connectivity index (χ1) is 12.5. The minimum Gasteiger partial charge on any atom is -0.340 e. The predicted octanol–water partition coefficient (Wildman–Crippen LogP) is 4.48. The third kappa shape index (κ3) is 4.42. The van der Waals surface area contributed by atoms with E-state index in [2.05, 4.69) is 27.5 Å². The second-order valence-corrected chi connectivity index (χ2v) is 5.82. The molecule has 0 aliphatic rings. The largest absolute Gasteiger partial charge is 0.340 e. The van der Waals surface area contributed by atoms with Gasteiger partial charge in [0, 0.05) is 17.4 Å². The number of anilines is 3. The summed E-state index contributed by atoms with van der Waals surface area (Å²) in [6.45, 7) is 3.79. The Bertz CT molecular complexity index is 908. The summed E-state index contributed by atoms with van der Waals surface area (Å²) in [6.07, 6.45) is 0.942. The zero-order valence-electron chi connectivity index (χ0n) is 14.6. The highest BCUT2D eigenvalue weighted by molar-refractivity contribution is 6.03. The number of aromatic nitrogens is 2. The molecule has 26 heavy (non-hydrogen) atoms. The van der Waals surface area contributed by atoms with Crippen LogP contribution in [0.3, 0.4) is 0 Å². The van der Waals surface area contributed by atoms with Gasteiger partial charge in [-0.15, -0.1) is 0 Å². The lowest BCUT2D eigenvalue weighted by Gasteiger charge is -2.09. The lowest BCUT2D eigenvalue weighted by molar-refractivity contribution is 0.102. The molecule has 0 aliphatic carbocycles. The fraction of sp³-hybridized carbons (Fsp3) is 0.150. The van der Waals surface area contributed by atoms with Crippen LogP contribution in [0.5, 0.6) is 0 Å². The van der Waals surface area contributed by atoms with Crippen molar-refractivity contribution in [2.45, 2.75) is 20.3 Å². The standard InChI is InChI=1S/C20H19FN4O/c1-3-14-4-8-17(9-5-14)25-20(26)18-12-19(23-13(2)22-18)24-16-10-6-15(21)7-11-16/h4-12H,3H2,1-2H3,(H,25,26)(H,22,23,24). The van der Waals surface area contributed by atoms with E-state index in [1.54, 1.807) is 25.1 Å². The van der Waals surface area contributed by atoms with Crippen molar-refractivity contribution in [1.29, 1.82) is 0 Å². The monoisotopic (exact) mass is 350 g/mol. The molecule has 0 spiro atoms. The maximum atomic E-state index is 13.0. The predicted molar refractivity (Wildman–Crippen MR) is 100 cm³/mol. The van der Waals surface area contributed by atoms with E-state index in [4.69, 9.17) is 0 Å². The summed E-state index contributed by atoms with van der Waals surface area (Å²) in [7, 11) is 0. The number of hydrogen-bond acceptors (Lipinski definition) is 4. The normalized spacial score (nSPS) is 10.4. The molecule has 3 rings (SSSR count). The Balaban J connectivity index is 1.77. The van der Waals surface area contributed by atoms with E-state index < -0.39 is 0 Å². The smallest absolute Gasteiger partial charge is 0.274 e. The van der Waals surface area contributed by atoms with Crippen LogP contribution in [0.1, 0.15) is 28.8 Å². The average molecular weight is 350 g/mol. The Hall–Kier alpha value is -3.28. The number of hydrogen-bond donors (Lipinski definition) is 2. The number of benzene rings is 2. The third-order valence-corrected chi connectivity index (χ3v) is 3.81. The molecule has 0 saturated heterocycles. The van der Waals surface area contributed by atoms with Crippen LogP contribution in [0, 0.1) is 12.7 Å². The molecule has 6 heteroatoms. The van der Waals surface area contributed by atoms with Gasteiger partial charge in [-0.2, -0.15) is 0 Å². The van der Waals surface area contributed by atoms with E-state index in [1.165, 1.54) is 17.7 Å². The topological polar surface area (TPSA) is 66.9 Å². The van der Waals surface area contributed by atoms with Crippen LogP contribution >= 0.6 is 0 Å². The molecule has 5 nitrogen and oxygen atoms in total. The molecule has 0 bridgehead atoms. The van der Waals surface area contributed by atoms with E-state index in [9.17, 15) is 9.18 Å². The van der Waals surface area contributed by atoms with E-state index in [-0.39, 0.29) is 17.4 Å². The number of aryl methyl sites for hydroxylation is 2. The molecule has 0 aliphatic heterocycles. The summed E-state index contributed by atoms with van der Waals surface area (Å²) < 4.78 is 13.0. The molecule has 0 saturated carbocycles. The van der Waals surface area contributed by atoms with Crippen molar-refractivity contribution in [3.8, 4) is 0 Å². The zero-order valence-corrected chi connectivity index (χ0v) is 14.6. The molecule has 0 unspecified atom stereocenters. The van der Waals surface area contributed by atoms with Crippen molar-refractivity contribution in [1.82, 2.24) is 9.97 Å². The van der Waals surface area contributed by atoms with Crippen LogP contribution < -0.4 is 10.6 Å². The number of nitrogens with zero attached hydrogens (tertiary/aromatic N) is 2.